The molecule has 0 saturated carbocycles. The number of aromatic hydroxyl groups is 1. The van der Waals surface area contributed by atoms with Crippen LogP contribution >= 0.6 is 0 Å². The van der Waals surface area contributed by atoms with Gasteiger partial charge in [-0.3, -0.25) is 9.59 Å². The van der Waals surface area contributed by atoms with E-state index < -0.39 is 11.9 Å². The van der Waals surface area contributed by atoms with E-state index in [0.717, 1.165) is 11.1 Å². The maximum atomic E-state index is 10.7. The van der Waals surface area contributed by atoms with E-state index in [1.54, 1.807) is 42.5 Å². The predicted molar refractivity (Wildman–Crippen MR) is 86.2 cm³/mol. The summed E-state index contributed by atoms with van der Waals surface area (Å²) in [4.78, 5) is 21.4. The lowest BCUT2D eigenvalue weighted by atomic mass is 10.0. The second-order valence-electron chi connectivity index (χ2n) is 5.15. The summed E-state index contributed by atoms with van der Waals surface area (Å²) in [6.07, 6.45) is 3.40. The van der Waals surface area contributed by atoms with Gasteiger partial charge in [-0.25, -0.2) is 0 Å². The summed E-state index contributed by atoms with van der Waals surface area (Å²) < 4.78 is 0. The molecular weight excluding hydrogens is 296 g/mol. The number of phenols is 1. The van der Waals surface area contributed by atoms with E-state index in [9.17, 15) is 14.7 Å². The Morgan fingerprint density at radius 3 is 1.96 bits per heavy atom. The molecular formula is C18H16O5. The summed E-state index contributed by atoms with van der Waals surface area (Å²) in [5.41, 5.74) is 2.81. The quantitative estimate of drug-likeness (QED) is 0.713. The lowest BCUT2D eigenvalue weighted by molar-refractivity contribution is -0.137. The highest BCUT2D eigenvalue weighted by Gasteiger charge is 2.03. The summed E-state index contributed by atoms with van der Waals surface area (Å²) in [6, 6.07) is 11.7. The van der Waals surface area contributed by atoms with E-state index in [0.29, 0.717) is 11.1 Å². The molecule has 0 saturated heterocycles. The molecule has 0 fully saturated rings. The molecule has 0 aliphatic carbocycles. The smallest absolute Gasteiger partial charge is 0.307 e. The fourth-order valence-corrected chi connectivity index (χ4v) is 2.19. The molecule has 0 radical (unpaired) electrons. The van der Waals surface area contributed by atoms with E-state index >= 15 is 0 Å². The van der Waals surface area contributed by atoms with Crippen LogP contribution in [-0.4, -0.2) is 27.3 Å². The zero-order valence-corrected chi connectivity index (χ0v) is 12.3. The Morgan fingerprint density at radius 1 is 0.783 bits per heavy atom. The molecule has 0 aliphatic heterocycles. The fourth-order valence-electron chi connectivity index (χ4n) is 2.19. The number of carboxylic acid groups (broad SMARTS) is 2. The minimum atomic E-state index is -0.959. The van der Waals surface area contributed by atoms with Crippen LogP contribution in [0.15, 0.2) is 42.5 Å². The number of hydrogen-bond donors (Lipinski definition) is 3. The van der Waals surface area contributed by atoms with Gasteiger partial charge >= 0.3 is 11.9 Å². The third-order valence-electron chi connectivity index (χ3n) is 3.16. The van der Waals surface area contributed by atoms with Gasteiger partial charge in [0.2, 0.25) is 0 Å². The first-order valence-corrected chi connectivity index (χ1v) is 6.96. The largest absolute Gasteiger partial charge is 0.508 e. The Balaban J connectivity index is 2.14. The van der Waals surface area contributed by atoms with Crippen LogP contribution in [-0.2, 0) is 22.4 Å². The first kappa shape index (κ1) is 16.3. The topological polar surface area (TPSA) is 94.8 Å². The Morgan fingerprint density at radius 2 is 1.35 bits per heavy atom. The van der Waals surface area contributed by atoms with Crippen molar-refractivity contribution in [3.8, 4) is 5.75 Å². The van der Waals surface area contributed by atoms with Gasteiger partial charge in [0, 0.05) is 0 Å². The maximum absolute atomic E-state index is 10.7. The summed E-state index contributed by atoms with van der Waals surface area (Å²) >= 11 is 0. The molecule has 0 atom stereocenters. The summed E-state index contributed by atoms with van der Waals surface area (Å²) in [5.74, 6) is -1.82. The maximum Gasteiger partial charge on any atom is 0.307 e. The van der Waals surface area contributed by atoms with Gasteiger partial charge in [0.05, 0.1) is 12.8 Å². The minimum absolute atomic E-state index is 0.0141. The van der Waals surface area contributed by atoms with Crippen molar-refractivity contribution in [2.45, 2.75) is 12.8 Å². The van der Waals surface area contributed by atoms with Gasteiger partial charge in [-0.05, 0) is 34.4 Å². The molecule has 5 nitrogen and oxygen atoms in total. The zero-order valence-electron chi connectivity index (χ0n) is 12.3. The Labute approximate surface area is 133 Å². The summed E-state index contributed by atoms with van der Waals surface area (Å²) in [5, 5.41) is 27.2. The molecule has 0 spiro atoms. The Hall–Kier alpha value is -3.08. The van der Waals surface area contributed by atoms with Gasteiger partial charge in [0.15, 0.2) is 0 Å². The number of hydrogen-bond acceptors (Lipinski definition) is 3. The van der Waals surface area contributed by atoms with Crippen LogP contribution in [0.2, 0.25) is 0 Å². The van der Waals surface area contributed by atoms with Crippen LogP contribution < -0.4 is 0 Å². The van der Waals surface area contributed by atoms with Gasteiger partial charge in [-0.2, -0.15) is 0 Å². The molecule has 0 aliphatic rings. The van der Waals surface area contributed by atoms with Crippen molar-refractivity contribution in [2.24, 2.45) is 0 Å². The van der Waals surface area contributed by atoms with E-state index in [4.69, 9.17) is 10.2 Å². The van der Waals surface area contributed by atoms with Gasteiger partial charge in [-0.1, -0.05) is 42.5 Å². The summed E-state index contributed by atoms with van der Waals surface area (Å²) in [6.45, 7) is 0. The number of aliphatic carboxylic acids is 2. The first-order chi connectivity index (χ1) is 10.9. The summed E-state index contributed by atoms with van der Waals surface area (Å²) in [7, 11) is 0. The van der Waals surface area contributed by atoms with Crippen molar-refractivity contribution in [3.63, 3.8) is 0 Å². The second-order valence-corrected chi connectivity index (χ2v) is 5.15. The van der Waals surface area contributed by atoms with E-state index in [-0.39, 0.29) is 18.6 Å². The molecule has 118 valence electrons. The van der Waals surface area contributed by atoms with Crippen molar-refractivity contribution < 1.29 is 24.9 Å². The number of rotatable bonds is 6. The lowest BCUT2D eigenvalue weighted by Gasteiger charge is -2.02. The zero-order chi connectivity index (χ0) is 16.8. The van der Waals surface area contributed by atoms with Crippen molar-refractivity contribution in [2.75, 3.05) is 0 Å². The van der Waals surface area contributed by atoms with Gasteiger partial charge < -0.3 is 15.3 Å². The molecule has 3 N–H and O–H groups in total. The number of carbonyl (C=O) groups is 2. The number of phenolic OH excluding ortho intramolecular Hbond substituents is 1. The molecule has 0 unspecified atom stereocenters. The second kappa shape index (κ2) is 7.26. The molecule has 0 bridgehead atoms. The highest BCUT2D eigenvalue weighted by Crippen LogP contribution is 2.19. The monoisotopic (exact) mass is 312 g/mol. The molecule has 23 heavy (non-hydrogen) atoms. The standard InChI is InChI=1S/C18H16O5/c19-16-8-14(7-15(9-16)11-18(22)23)6-3-12-1-4-13(5-2-12)10-17(20)21/h1-9,19H,10-11H2,(H,20,21)(H,22,23). The van der Waals surface area contributed by atoms with Crippen molar-refractivity contribution in [1.29, 1.82) is 0 Å². The van der Waals surface area contributed by atoms with Gasteiger partial charge in [0.1, 0.15) is 5.75 Å². The average molecular weight is 312 g/mol. The van der Waals surface area contributed by atoms with E-state index in [1.165, 1.54) is 6.07 Å². The SMILES string of the molecule is O=C(O)Cc1ccc(C=Cc2cc(O)cc(CC(=O)O)c2)cc1. The average Bonchev–Trinajstić information content (AvgIpc) is 2.44. The normalized spacial score (nSPS) is 10.8. The molecule has 2 rings (SSSR count). The highest BCUT2D eigenvalue weighted by molar-refractivity contribution is 5.74. The van der Waals surface area contributed by atoms with Crippen molar-refractivity contribution >= 4 is 24.1 Å². The van der Waals surface area contributed by atoms with Crippen LogP contribution in [0.3, 0.4) is 0 Å². The van der Waals surface area contributed by atoms with Crippen LogP contribution in [0.1, 0.15) is 22.3 Å². The van der Waals surface area contributed by atoms with E-state index in [2.05, 4.69) is 0 Å². The van der Waals surface area contributed by atoms with Crippen LogP contribution in [0, 0.1) is 0 Å². The molecule has 0 amide bonds. The van der Waals surface area contributed by atoms with Crippen LogP contribution in [0.5, 0.6) is 5.75 Å². The Kier molecular flexibility index (Phi) is 5.15. The lowest BCUT2D eigenvalue weighted by Crippen LogP contribution is -1.99. The molecule has 0 aromatic heterocycles. The third-order valence-corrected chi connectivity index (χ3v) is 3.16. The van der Waals surface area contributed by atoms with Crippen molar-refractivity contribution in [3.05, 3.63) is 64.7 Å². The highest BCUT2D eigenvalue weighted by atomic mass is 16.4. The van der Waals surface area contributed by atoms with Crippen molar-refractivity contribution in [1.82, 2.24) is 0 Å². The Bertz CT molecular complexity index is 745. The van der Waals surface area contributed by atoms with Gasteiger partial charge in [0.25, 0.3) is 0 Å². The molecule has 2 aromatic carbocycles. The number of carboxylic acids is 2. The van der Waals surface area contributed by atoms with Gasteiger partial charge in [-0.15, -0.1) is 0 Å². The molecule has 5 heteroatoms. The fraction of sp³-hybridized carbons (Fsp3) is 0.111. The first-order valence-electron chi connectivity index (χ1n) is 6.96. The number of benzene rings is 2. The molecule has 2 aromatic rings. The predicted octanol–water partition coefficient (Wildman–Crippen LogP) is 2.82. The van der Waals surface area contributed by atoms with Crippen LogP contribution in [0.25, 0.3) is 12.2 Å². The third kappa shape index (κ3) is 5.32. The van der Waals surface area contributed by atoms with Crippen LogP contribution in [0.4, 0.5) is 0 Å². The molecule has 0 heterocycles. The van der Waals surface area contributed by atoms with E-state index in [1.807, 2.05) is 6.08 Å². The minimum Gasteiger partial charge on any atom is -0.508 e.